The molecule has 0 aromatic carbocycles. The van der Waals surface area contributed by atoms with Crippen molar-refractivity contribution < 1.29 is 8.84 Å². The molecule has 2 nitrogen and oxygen atoms in total. The van der Waals surface area contributed by atoms with E-state index in [0.29, 0.717) is 16.6 Å². The van der Waals surface area contributed by atoms with Gasteiger partial charge >= 0.3 is 0 Å². The van der Waals surface area contributed by atoms with Crippen LogP contribution < -0.4 is 4.43 Å². The Balaban J connectivity index is 2.87. The Hall–Kier alpha value is -0.963. The van der Waals surface area contributed by atoms with Gasteiger partial charge in [-0.15, -0.1) is 0 Å². The molecule has 1 aromatic heterocycles. The summed E-state index contributed by atoms with van der Waals surface area (Å²) in [6.45, 7) is 18.1. The molecule has 0 fully saturated rings. The third-order valence-corrected chi connectivity index (χ3v) is 10.6. The molecular formula is C19H34O2Si. The summed E-state index contributed by atoms with van der Waals surface area (Å²) in [5.41, 5.74) is 4.28. The number of hydrogen-bond acceptors (Lipinski definition) is 2. The minimum absolute atomic E-state index is 0.562. The summed E-state index contributed by atoms with van der Waals surface area (Å²) in [6, 6.07) is 2.09. The lowest BCUT2D eigenvalue weighted by Crippen LogP contribution is -2.50. The van der Waals surface area contributed by atoms with Crippen molar-refractivity contribution in [2.75, 3.05) is 0 Å². The topological polar surface area (TPSA) is 22.4 Å². The normalized spacial score (nSPS) is 12.3. The molecular weight excluding hydrogens is 288 g/mol. The fourth-order valence-corrected chi connectivity index (χ4v) is 8.76. The minimum Gasteiger partial charge on any atom is -0.518 e. The van der Waals surface area contributed by atoms with Gasteiger partial charge in [0.2, 0.25) is 0 Å². The summed E-state index contributed by atoms with van der Waals surface area (Å²) in [5, 5.41) is 0. The van der Waals surface area contributed by atoms with Crippen molar-refractivity contribution in [1.82, 2.24) is 0 Å². The number of hydrogen-bond donors (Lipinski definition) is 0. The number of allylic oxidation sites excluding steroid dienone is 2. The Labute approximate surface area is 138 Å². The summed E-state index contributed by atoms with van der Waals surface area (Å²) in [7, 11) is -1.91. The summed E-state index contributed by atoms with van der Waals surface area (Å²) in [6.07, 6.45) is 6.19. The molecule has 126 valence electrons. The van der Waals surface area contributed by atoms with E-state index < -0.39 is 8.32 Å². The molecule has 0 saturated heterocycles. The van der Waals surface area contributed by atoms with Crippen LogP contribution in [0.1, 0.15) is 67.4 Å². The lowest BCUT2D eigenvalue weighted by molar-refractivity contribution is 0.358. The van der Waals surface area contributed by atoms with E-state index in [0.717, 1.165) is 18.8 Å². The lowest BCUT2D eigenvalue weighted by atomic mass is 10.1. The monoisotopic (exact) mass is 322 g/mol. The molecule has 1 aromatic rings. The predicted molar refractivity (Wildman–Crippen MR) is 98.1 cm³/mol. The smallest absolute Gasteiger partial charge is 0.270 e. The third-order valence-electron chi connectivity index (χ3n) is 4.60. The fraction of sp³-hybridized carbons (Fsp3) is 0.684. The molecule has 0 atom stereocenters. The highest BCUT2D eigenvalue weighted by Crippen LogP contribution is 2.43. The van der Waals surface area contributed by atoms with Crippen molar-refractivity contribution in [3.8, 4) is 5.95 Å². The molecule has 0 aliphatic rings. The van der Waals surface area contributed by atoms with Gasteiger partial charge in [0.1, 0.15) is 0 Å². The van der Waals surface area contributed by atoms with Crippen LogP contribution in [0, 0.1) is 0 Å². The highest BCUT2D eigenvalue weighted by Gasteiger charge is 2.47. The van der Waals surface area contributed by atoms with E-state index in [1.807, 2.05) is 6.26 Å². The Morgan fingerprint density at radius 2 is 1.64 bits per heavy atom. The average molecular weight is 323 g/mol. The van der Waals surface area contributed by atoms with E-state index in [2.05, 4.69) is 67.5 Å². The van der Waals surface area contributed by atoms with Crippen LogP contribution in [0.15, 0.2) is 28.4 Å². The standard InChI is InChI=1S/C19H34O2Si/c1-14(2)10-9-11-18-12-19(20-13-18)21-22(15(3)4,16(5)6)17(7)8/h10,12-13,15-17H,9,11H2,1-8H3. The van der Waals surface area contributed by atoms with Gasteiger partial charge in [-0.3, -0.25) is 0 Å². The second-order valence-corrected chi connectivity index (χ2v) is 12.9. The van der Waals surface area contributed by atoms with E-state index in [9.17, 15) is 0 Å². The van der Waals surface area contributed by atoms with Gasteiger partial charge < -0.3 is 8.84 Å². The van der Waals surface area contributed by atoms with Gasteiger partial charge in [-0.2, -0.15) is 0 Å². The van der Waals surface area contributed by atoms with Crippen molar-refractivity contribution in [2.45, 2.75) is 84.9 Å². The summed E-state index contributed by atoms with van der Waals surface area (Å²) >= 11 is 0. The number of aryl methyl sites for hydroxylation is 1. The lowest BCUT2D eigenvalue weighted by Gasteiger charge is -2.41. The minimum atomic E-state index is -1.91. The second-order valence-electron chi connectivity index (χ2n) is 7.51. The Bertz CT molecular complexity index is 458. The first-order chi connectivity index (χ1) is 10.2. The Kier molecular flexibility index (Phi) is 6.98. The molecule has 0 amide bonds. The maximum atomic E-state index is 6.55. The number of furan rings is 1. The summed E-state index contributed by atoms with van der Waals surface area (Å²) in [4.78, 5) is 0. The largest absolute Gasteiger partial charge is 0.518 e. The predicted octanol–water partition coefficient (Wildman–Crippen LogP) is 6.73. The molecule has 0 unspecified atom stereocenters. The van der Waals surface area contributed by atoms with Gasteiger partial charge in [0.25, 0.3) is 14.3 Å². The van der Waals surface area contributed by atoms with E-state index in [4.69, 9.17) is 8.84 Å². The Morgan fingerprint density at radius 1 is 1.09 bits per heavy atom. The molecule has 0 aliphatic carbocycles. The van der Waals surface area contributed by atoms with Crippen LogP contribution in [0.4, 0.5) is 0 Å². The van der Waals surface area contributed by atoms with Crippen LogP contribution in [0.5, 0.6) is 5.95 Å². The van der Waals surface area contributed by atoms with Crippen molar-refractivity contribution in [2.24, 2.45) is 0 Å². The van der Waals surface area contributed by atoms with Crippen LogP contribution in [-0.4, -0.2) is 8.32 Å². The van der Waals surface area contributed by atoms with Crippen LogP contribution in [0.2, 0.25) is 16.6 Å². The molecule has 0 spiro atoms. The van der Waals surface area contributed by atoms with E-state index >= 15 is 0 Å². The first-order valence-electron chi connectivity index (χ1n) is 8.59. The quantitative estimate of drug-likeness (QED) is 0.391. The molecule has 22 heavy (non-hydrogen) atoms. The highest BCUT2D eigenvalue weighted by atomic mass is 28.4. The Morgan fingerprint density at radius 3 is 2.09 bits per heavy atom. The van der Waals surface area contributed by atoms with Crippen molar-refractivity contribution in [3.63, 3.8) is 0 Å². The SMILES string of the molecule is CC(C)=CCCc1coc(O[Si](C(C)C)(C(C)C)C(C)C)c1. The molecule has 0 radical (unpaired) electrons. The zero-order valence-electron chi connectivity index (χ0n) is 15.7. The first-order valence-corrected chi connectivity index (χ1v) is 10.7. The van der Waals surface area contributed by atoms with Crippen molar-refractivity contribution in [1.29, 1.82) is 0 Å². The highest BCUT2D eigenvalue weighted by molar-refractivity contribution is 6.78. The van der Waals surface area contributed by atoms with Gasteiger partial charge in [0, 0.05) is 6.07 Å². The van der Waals surface area contributed by atoms with Gasteiger partial charge in [-0.05, 0) is 48.9 Å². The fourth-order valence-electron chi connectivity index (χ4n) is 3.59. The zero-order chi connectivity index (χ0) is 16.9. The third kappa shape index (κ3) is 4.51. The van der Waals surface area contributed by atoms with Crippen LogP contribution in [0.25, 0.3) is 0 Å². The summed E-state index contributed by atoms with van der Waals surface area (Å²) < 4.78 is 12.3. The number of rotatable bonds is 8. The second kappa shape index (κ2) is 8.05. The molecule has 0 aliphatic heterocycles. The maximum absolute atomic E-state index is 6.55. The van der Waals surface area contributed by atoms with Gasteiger partial charge in [0.05, 0.1) is 6.26 Å². The summed E-state index contributed by atoms with van der Waals surface area (Å²) in [5.74, 6) is 0.718. The van der Waals surface area contributed by atoms with Gasteiger partial charge in [-0.1, -0.05) is 53.2 Å². The van der Waals surface area contributed by atoms with Crippen LogP contribution in [0.3, 0.4) is 0 Å². The first kappa shape index (κ1) is 19.1. The molecule has 1 rings (SSSR count). The zero-order valence-corrected chi connectivity index (χ0v) is 16.7. The van der Waals surface area contributed by atoms with Crippen LogP contribution in [-0.2, 0) is 6.42 Å². The molecule has 0 N–H and O–H groups in total. The molecule has 1 heterocycles. The van der Waals surface area contributed by atoms with Crippen molar-refractivity contribution >= 4 is 8.32 Å². The molecule has 0 saturated carbocycles. The average Bonchev–Trinajstić information content (AvgIpc) is 2.81. The van der Waals surface area contributed by atoms with Crippen LogP contribution >= 0.6 is 0 Å². The molecule has 3 heteroatoms. The van der Waals surface area contributed by atoms with E-state index in [1.54, 1.807) is 0 Å². The van der Waals surface area contributed by atoms with Gasteiger partial charge in [0.15, 0.2) is 0 Å². The van der Waals surface area contributed by atoms with E-state index in [-0.39, 0.29) is 0 Å². The molecule has 0 bridgehead atoms. The van der Waals surface area contributed by atoms with E-state index in [1.165, 1.54) is 11.1 Å². The maximum Gasteiger partial charge on any atom is 0.270 e. The van der Waals surface area contributed by atoms with Gasteiger partial charge in [-0.25, -0.2) is 0 Å². The van der Waals surface area contributed by atoms with Crippen molar-refractivity contribution in [3.05, 3.63) is 29.5 Å².